The molecule has 0 bridgehead atoms. The van der Waals surface area contributed by atoms with E-state index in [9.17, 15) is 18.3 Å². The van der Waals surface area contributed by atoms with Crippen molar-refractivity contribution in [2.24, 2.45) is 0 Å². The highest BCUT2D eigenvalue weighted by atomic mass is 79.9. The molecule has 0 radical (unpaired) electrons. The van der Waals surface area contributed by atoms with Gasteiger partial charge in [0.2, 0.25) is 0 Å². The number of benzene rings is 1. The van der Waals surface area contributed by atoms with E-state index in [0.29, 0.717) is 16.5 Å². The van der Waals surface area contributed by atoms with Gasteiger partial charge in [-0.2, -0.15) is 13.2 Å². The molecule has 15 heavy (non-hydrogen) atoms. The highest BCUT2D eigenvalue weighted by Crippen LogP contribution is 2.31. The SMILES string of the molecule is Cc1cc(C(F)(F)F)ccc1C(O)CBr. The summed E-state index contributed by atoms with van der Waals surface area (Å²) in [5.41, 5.74) is 0.266. The maximum absolute atomic E-state index is 12.3. The second-order valence-electron chi connectivity index (χ2n) is 3.24. The fourth-order valence-corrected chi connectivity index (χ4v) is 1.66. The highest BCUT2D eigenvalue weighted by molar-refractivity contribution is 9.09. The molecule has 0 saturated heterocycles. The van der Waals surface area contributed by atoms with Crippen LogP contribution in [0.25, 0.3) is 0 Å². The average molecular weight is 283 g/mol. The lowest BCUT2D eigenvalue weighted by Gasteiger charge is -2.13. The molecule has 0 heterocycles. The molecule has 0 aliphatic rings. The zero-order valence-electron chi connectivity index (χ0n) is 7.98. The summed E-state index contributed by atoms with van der Waals surface area (Å²) in [7, 11) is 0. The molecule has 0 saturated carbocycles. The second-order valence-corrected chi connectivity index (χ2v) is 3.89. The van der Waals surface area contributed by atoms with Gasteiger partial charge in [0.15, 0.2) is 0 Å². The number of aliphatic hydroxyl groups is 1. The summed E-state index contributed by atoms with van der Waals surface area (Å²) in [5.74, 6) is 0. The first-order valence-electron chi connectivity index (χ1n) is 4.28. The van der Waals surface area contributed by atoms with Crippen LogP contribution in [0.15, 0.2) is 18.2 Å². The van der Waals surface area contributed by atoms with Gasteiger partial charge in [0.05, 0.1) is 11.7 Å². The van der Waals surface area contributed by atoms with E-state index in [-0.39, 0.29) is 0 Å². The quantitative estimate of drug-likeness (QED) is 0.824. The Morgan fingerprint density at radius 1 is 1.40 bits per heavy atom. The number of halogens is 4. The van der Waals surface area contributed by atoms with Gasteiger partial charge in [-0.15, -0.1) is 0 Å². The van der Waals surface area contributed by atoms with Gasteiger partial charge in [-0.25, -0.2) is 0 Å². The summed E-state index contributed by atoms with van der Waals surface area (Å²) in [6.45, 7) is 1.55. The third kappa shape index (κ3) is 2.95. The topological polar surface area (TPSA) is 20.2 Å². The van der Waals surface area contributed by atoms with Gasteiger partial charge in [0, 0.05) is 5.33 Å². The summed E-state index contributed by atoms with van der Waals surface area (Å²) in [5, 5.41) is 9.78. The second kappa shape index (κ2) is 4.53. The molecule has 1 nitrogen and oxygen atoms in total. The van der Waals surface area contributed by atoms with E-state index in [0.717, 1.165) is 12.1 Å². The van der Waals surface area contributed by atoms with Gasteiger partial charge in [-0.3, -0.25) is 0 Å². The molecular formula is C10H10BrF3O. The van der Waals surface area contributed by atoms with Crippen molar-refractivity contribution in [2.75, 3.05) is 5.33 Å². The van der Waals surface area contributed by atoms with E-state index >= 15 is 0 Å². The van der Waals surface area contributed by atoms with Crippen LogP contribution in [0.2, 0.25) is 0 Å². The Morgan fingerprint density at radius 3 is 2.40 bits per heavy atom. The molecule has 0 spiro atoms. The predicted octanol–water partition coefficient (Wildman–Crippen LogP) is 3.44. The molecule has 0 aliphatic carbocycles. The van der Waals surface area contributed by atoms with Crippen LogP contribution in [0.4, 0.5) is 13.2 Å². The lowest BCUT2D eigenvalue weighted by molar-refractivity contribution is -0.137. The van der Waals surface area contributed by atoms with E-state index in [1.165, 1.54) is 6.07 Å². The first kappa shape index (κ1) is 12.5. The van der Waals surface area contributed by atoms with Gasteiger partial charge in [0.1, 0.15) is 0 Å². The fraction of sp³-hybridized carbons (Fsp3) is 0.400. The van der Waals surface area contributed by atoms with E-state index in [1.807, 2.05) is 0 Å². The van der Waals surface area contributed by atoms with Crippen molar-refractivity contribution in [3.8, 4) is 0 Å². The molecule has 0 aromatic heterocycles. The Balaban J connectivity index is 3.09. The summed E-state index contributed by atoms with van der Waals surface area (Å²) in [4.78, 5) is 0. The maximum Gasteiger partial charge on any atom is 0.416 e. The van der Waals surface area contributed by atoms with Crippen molar-refractivity contribution >= 4 is 15.9 Å². The van der Waals surface area contributed by atoms with Crippen molar-refractivity contribution in [1.29, 1.82) is 0 Å². The Bertz CT molecular complexity index is 349. The molecule has 1 atom stereocenters. The molecule has 1 aromatic rings. The predicted molar refractivity (Wildman–Crippen MR) is 54.9 cm³/mol. The summed E-state index contributed by atoms with van der Waals surface area (Å²) in [6.07, 6.45) is -5.10. The van der Waals surface area contributed by atoms with Crippen LogP contribution < -0.4 is 0 Å². The monoisotopic (exact) mass is 282 g/mol. The normalized spacial score (nSPS) is 14.0. The number of aliphatic hydroxyl groups excluding tert-OH is 1. The number of alkyl halides is 4. The van der Waals surface area contributed by atoms with E-state index in [1.54, 1.807) is 6.92 Å². The van der Waals surface area contributed by atoms with Gasteiger partial charge >= 0.3 is 6.18 Å². The van der Waals surface area contributed by atoms with Crippen molar-refractivity contribution in [2.45, 2.75) is 19.2 Å². The molecular weight excluding hydrogens is 273 g/mol. The summed E-state index contributed by atoms with van der Waals surface area (Å²) >= 11 is 3.07. The molecule has 0 amide bonds. The van der Waals surface area contributed by atoms with Crippen molar-refractivity contribution in [3.05, 3.63) is 34.9 Å². The van der Waals surface area contributed by atoms with Crippen LogP contribution >= 0.6 is 15.9 Å². The van der Waals surface area contributed by atoms with Crippen LogP contribution in [0, 0.1) is 6.92 Å². The van der Waals surface area contributed by atoms with Crippen LogP contribution in [-0.2, 0) is 6.18 Å². The lowest BCUT2D eigenvalue weighted by Crippen LogP contribution is -2.07. The van der Waals surface area contributed by atoms with Crippen molar-refractivity contribution in [3.63, 3.8) is 0 Å². The van der Waals surface area contributed by atoms with Gasteiger partial charge in [0.25, 0.3) is 0 Å². The molecule has 84 valence electrons. The summed E-state index contributed by atoms with van der Waals surface area (Å²) in [6, 6.07) is 3.33. The minimum Gasteiger partial charge on any atom is -0.388 e. The highest BCUT2D eigenvalue weighted by Gasteiger charge is 2.30. The smallest absolute Gasteiger partial charge is 0.388 e. The van der Waals surface area contributed by atoms with Crippen LogP contribution in [0.1, 0.15) is 22.8 Å². The number of hydrogen-bond donors (Lipinski definition) is 1. The van der Waals surface area contributed by atoms with Crippen LogP contribution in [-0.4, -0.2) is 10.4 Å². The Hall–Kier alpha value is -0.550. The van der Waals surface area contributed by atoms with Gasteiger partial charge in [-0.1, -0.05) is 22.0 Å². The molecule has 0 aliphatic heterocycles. The van der Waals surface area contributed by atoms with Crippen LogP contribution in [0.3, 0.4) is 0 Å². The van der Waals surface area contributed by atoms with Gasteiger partial charge in [-0.05, 0) is 30.2 Å². The summed E-state index contributed by atoms with van der Waals surface area (Å²) < 4.78 is 36.9. The molecule has 1 aromatic carbocycles. The largest absolute Gasteiger partial charge is 0.416 e. The molecule has 5 heteroatoms. The Labute approximate surface area is 94.0 Å². The van der Waals surface area contributed by atoms with Crippen LogP contribution in [0.5, 0.6) is 0 Å². The zero-order chi connectivity index (χ0) is 11.6. The zero-order valence-corrected chi connectivity index (χ0v) is 9.56. The number of hydrogen-bond acceptors (Lipinski definition) is 1. The molecule has 1 rings (SSSR count). The van der Waals surface area contributed by atoms with Crippen molar-refractivity contribution < 1.29 is 18.3 Å². The van der Waals surface area contributed by atoms with E-state index in [2.05, 4.69) is 15.9 Å². The minimum absolute atomic E-state index is 0.305. The molecule has 1 N–H and O–H groups in total. The first-order valence-corrected chi connectivity index (χ1v) is 5.40. The standard InChI is InChI=1S/C10H10BrF3O/c1-6-4-7(10(12,13)14)2-3-8(6)9(15)5-11/h2-4,9,15H,5H2,1H3. The number of rotatable bonds is 2. The van der Waals surface area contributed by atoms with Gasteiger partial charge < -0.3 is 5.11 Å². The maximum atomic E-state index is 12.3. The Morgan fingerprint density at radius 2 is 2.00 bits per heavy atom. The minimum atomic E-state index is -4.33. The van der Waals surface area contributed by atoms with E-state index in [4.69, 9.17) is 0 Å². The molecule has 0 fully saturated rings. The van der Waals surface area contributed by atoms with E-state index < -0.39 is 17.8 Å². The molecule has 1 unspecified atom stereocenters. The first-order chi connectivity index (χ1) is 6.86. The average Bonchev–Trinajstić information content (AvgIpc) is 2.15. The number of aryl methyl sites for hydroxylation is 1. The third-order valence-electron chi connectivity index (χ3n) is 2.10. The lowest BCUT2D eigenvalue weighted by atomic mass is 10.0. The Kier molecular flexibility index (Phi) is 3.78. The third-order valence-corrected chi connectivity index (χ3v) is 2.72. The van der Waals surface area contributed by atoms with Crippen molar-refractivity contribution in [1.82, 2.24) is 0 Å². The fourth-order valence-electron chi connectivity index (χ4n) is 1.31.